The summed E-state index contributed by atoms with van der Waals surface area (Å²) in [4.78, 5) is 33.7. The van der Waals surface area contributed by atoms with Gasteiger partial charge >= 0.3 is 0 Å². The van der Waals surface area contributed by atoms with Crippen LogP contribution in [-0.2, 0) is 39.1 Å². The lowest BCUT2D eigenvalue weighted by atomic mass is 10.0. The van der Waals surface area contributed by atoms with Crippen LogP contribution in [0.2, 0.25) is 5.02 Å². The molecule has 2 heterocycles. The molecule has 0 saturated carbocycles. The highest BCUT2D eigenvalue weighted by Crippen LogP contribution is 2.26. The Morgan fingerprint density at radius 1 is 0.841 bits per heavy atom. The van der Waals surface area contributed by atoms with Gasteiger partial charge in [0, 0.05) is 50.0 Å². The van der Waals surface area contributed by atoms with Crippen LogP contribution >= 0.6 is 11.6 Å². The first-order chi connectivity index (χ1) is 21.3. The van der Waals surface area contributed by atoms with E-state index < -0.39 is 16.1 Å². The van der Waals surface area contributed by atoms with E-state index in [4.69, 9.17) is 11.6 Å². The van der Waals surface area contributed by atoms with E-state index in [0.717, 1.165) is 29.5 Å². The van der Waals surface area contributed by atoms with Gasteiger partial charge in [0.05, 0.1) is 4.90 Å². The molecule has 10 heteroatoms. The summed E-state index contributed by atoms with van der Waals surface area (Å²) in [6.07, 6.45) is 5.60. The fourth-order valence-corrected chi connectivity index (χ4v) is 6.95. The zero-order valence-corrected chi connectivity index (χ0v) is 25.9. The molecule has 1 saturated heterocycles. The van der Waals surface area contributed by atoms with E-state index in [1.54, 1.807) is 53.7 Å². The summed E-state index contributed by atoms with van der Waals surface area (Å²) < 4.78 is 27.4. The molecule has 1 aliphatic rings. The molecular formula is C34H35ClN4O4S. The smallest absolute Gasteiger partial charge is 0.247 e. The van der Waals surface area contributed by atoms with E-state index in [9.17, 15) is 18.0 Å². The number of benzene rings is 3. The number of nitrogens with zero attached hydrogens (tertiary/aromatic N) is 3. The standard InChI is InChI=1S/C34H35ClN4O4S/c35-30-13-8-28(9-14-30)25-39(33(29-6-2-1-3-7-29)34(41)37-24-27-18-20-36-21-19-27)32(40)17-12-26-10-15-31(16-11-26)44(42,43)38-22-4-5-23-38/h1-3,6-11,13-16,18-21,33H,4-5,12,17,22-25H2,(H,37,41)/t33-/m1/s1. The highest BCUT2D eigenvalue weighted by molar-refractivity contribution is 7.89. The number of halogens is 1. The van der Waals surface area contributed by atoms with E-state index in [-0.39, 0.29) is 29.7 Å². The van der Waals surface area contributed by atoms with Crippen molar-refractivity contribution in [3.63, 3.8) is 0 Å². The first-order valence-corrected chi connectivity index (χ1v) is 16.5. The molecular weight excluding hydrogens is 596 g/mol. The van der Waals surface area contributed by atoms with Gasteiger partial charge in [-0.1, -0.05) is 66.2 Å². The lowest BCUT2D eigenvalue weighted by Gasteiger charge is -2.32. The van der Waals surface area contributed by atoms with E-state index >= 15 is 0 Å². The Morgan fingerprint density at radius 3 is 2.14 bits per heavy atom. The maximum absolute atomic E-state index is 14.0. The summed E-state index contributed by atoms with van der Waals surface area (Å²) in [6.45, 7) is 1.58. The van der Waals surface area contributed by atoms with Gasteiger partial charge in [0.25, 0.3) is 0 Å². The number of nitrogens with one attached hydrogen (secondary N) is 1. The van der Waals surface area contributed by atoms with Crippen LogP contribution in [0.3, 0.4) is 0 Å². The van der Waals surface area contributed by atoms with Gasteiger partial charge in [-0.15, -0.1) is 0 Å². The molecule has 1 atom stereocenters. The molecule has 228 valence electrons. The van der Waals surface area contributed by atoms with Gasteiger partial charge in [-0.3, -0.25) is 14.6 Å². The summed E-state index contributed by atoms with van der Waals surface area (Å²) in [5.41, 5.74) is 3.26. The number of aromatic nitrogens is 1. The molecule has 4 aromatic rings. The van der Waals surface area contributed by atoms with Gasteiger partial charge in [0.1, 0.15) is 6.04 Å². The summed E-state index contributed by atoms with van der Waals surface area (Å²) >= 11 is 6.12. The largest absolute Gasteiger partial charge is 0.350 e. The number of hydrogen-bond acceptors (Lipinski definition) is 5. The van der Waals surface area contributed by atoms with Gasteiger partial charge < -0.3 is 10.2 Å². The Balaban J connectivity index is 1.37. The summed E-state index contributed by atoms with van der Waals surface area (Å²) in [6, 6.07) is 26.0. The van der Waals surface area contributed by atoms with Gasteiger partial charge in [-0.05, 0) is 77.9 Å². The number of carbonyl (C=O) groups excluding carboxylic acids is 2. The molecule has 1 aromatic heterocycles. The summed E-state index contributed by atoms with van der Waals surface area (Å²) in [5.74, 6) is -0.506. The number of hydrogen-bond donors (Lipinski definition) is 1. The number of rotatable bonds is 12. The number of amides is 2. The van der Waals surface area contributed by atoms with E-state index in [1.807, 2.05) is 54.6 Å². The Morgan fingerprint density at radius 2 is 1.48 bits per heavy atom. The van der Waals surface area contributed by atoms with Crippen LogP contribution in [0.15, 0.2) is 108 Å². The molecule has 0 aliphatic carbocycles. The number of aryl methyl sites for hydroxylation is 1. The molecule has 5 rings (SSSR count). The fourth-order valence-electron chi connectivity index (χ4n) is 5.31. The minimum absolute atomic E-state index is 0.132. The lowest BCUT2D eigenvalue weighted by Crippen LogP contribution is -2.43. The zero-order valence-electron chi connectivity index (χ0n) is 24.3. The third-order valence-corrected chi connectivity index (χ3v) is 9.90. The monoisotopic (exact) mass is 630 g/mol. The van der Waals surface area contributed by atoms with Gasteiger partial charge in [-0.2, -0.15) is 4.31 Å². The Bertz CT molecular complexity index is 1650. The first kappa shape index (κ1) is 31.4. The predicted octanol–water partition coefficient (Wildman–Crippen LogP) is 5.54. The van der Waals surface area contributed by atoms with Crippen molar-refractivity contribution >= 4 is 33.4 Å². The summed E-state index contributed by atoms with van der Waals surface area (Å²) in [7, 11) is -3.51. The minimum Gasteiger partial charge on any atom is -0.350 e. The molecule has 0 bridgehead atoms. The SMILES string of the molecule is O=C(NCc1ccncc1)[C@@H](c1ccccc1)N(Cc1ccc(Cl)cc1)C(=O)CCc1ccc(S(=O)(=O)N2CCCC2)cc1. The number of sulfonamides is 1. The van der Waals surface area contributed by atoms with Gasteiger partial charge in [0.15, 0.2) is 0 Å². The van der Waals surface area contributed by atoms with Crippen LogP contribution in [0, 0.1) is 0 Å². The number of carbonyl (C=O) groups is 2. The molecule has 0 unspecified atom stereocenters. The second kappa shape index (κ2) is 14.6. The van der Waals surface area contributed by atoms with Crippen molar-refractivity contribution in [2.45, 2.75) is 49.7 Å². The Hall–Kier alpha value is -4.05. The Kier molecular flexibility index (Phi) is 10.4. The maximum Gasteiger partial charge on any atom is 0.247 e. The molecule has 1 N–H and O–H groups in total. The highest BCUT2D eigenvalue weighted by atomic mass is 35.5. The fraction of sp³-hybridized carbons (Fsp3) is 0.265. The van der Waals surface area contributed by atoms with Gasteiger partial charge in [-0.25, -0.2) is 8.42 Å². The molecule has 2 amide bonds. The van der Waals surface area contributed by atoms with Crippen molar-refractivity contribution in [1.82, 2.24) is 19.5 Å². The van der Waals surface area contributed by atoms with Crippen LogP contribution < -0.4 is 5.32 Å². The predicted molar refractivity (Wildman–Crippen MR) is 170 cm³/mol. The van der Waals surface area contributed by atoms with E-state index in [0.29, 0.717) is 36.6 Å². The van der Waals surface area contributed by atoms with Crippen LogP contribution in [0.25, 0.3) is 0 Å². The normalized spacial score (nSPS) is 14.2. The molecule has 1 fully saturated rings. The van der Waals surface area contributed by atoms with Crippen molar-refractivity contribution in [1.29, 1.82) is 0 Å². The second-order valence-corrected chi connectivity index (χ2v) is 13.2. The van der Waals surface area contributed by atoms with E-state index in [1.165, 1.54) is 4.31 Å². The van der Waals surface area contributed by atoms with Gasteiger partial charge in [0.2, 0.25) is 21.8 Å². The molecule has 0 spiro atoms. The Labute approximate surface area is 263 Å². The van der Waals surface area contributed by atoms with Crippen molar-refractivity contribution in [2.75, 3.05) is 13.1 Å². The van der Waals surface area contributed by atoms with Crippen LogP contribution in [0.1, 0.15) is 47.6 Å². The number of pyridine rings is 1. The first-order valence-electron chi connectivity index (χ1n) is 14.7. The molecule has 8 nitrogen and oxygen atoms in total. The lowest BCUT2D eigenvalue weighted by molar-refractivity contribution is -0.141. The van der Waals surface area contributed by atoms with Crippen molar-refractivity contribution < 1.29 is 18.0 Å². The van der Waals surface area contributed by atoms with E-state index in [2.05, 4.69) is 10.3 Å². The zero-order chi connectivity index (χ0) is 30.9. The highest BCUT2D eigenvalue weighted by Gasteiger charge is 2.31. The second-order valence-electron chi connectivity index (χ2n) is 10.8. The van der Waals surface area contributed by atoms with Crippen LogP contribution in [-0.4, -0.2) is 47.5 Å². The third kappa shape index (κ3) is 7.91. The topological polar surface area (TPSA) is 99.7 Å². The van der Waals surface area contributed by atoms with Crippen molar-refractivity contribution in [3.05, 3.63) is 131 Å². The average molecular weight is 631 g/mol. The van der Waals surface area contributed by atoms with Crippen LogP contribution in [0.4, 0.5) is 0 Å². The van der Waals surface area contributed by atoms with Crippen molar-refractivity contribution in [3.8, 4) is 0 Å². The quantitative estimate of drug-likeness (QED) is 0.222. The third-order valence-electron chi connectivity index (χ3n) is 7.73. The molecule has 1 aliphatic heterocycles. The molecule has 0 radical (unpaired) electrons. The summed E-state index contributed by atoms with van der Waals surface area (Å²) in [5, 5.41) is 3.58. The minimum atomic E-state index is -3.51. The van der Waals surface area contributed by atoms with Crippen molar-refractivity contribution in [2.24, 2.45) is 0 Å². The van der Waals surface area contributed by atoms with Crippen LogP contribution in [0.5, 0.6) is 0 Å². The molecule has 3 aromatic carbocycles. The average Bonchev–Trinajstić information content (AvgIpc) is 3.61. The maximum atomic E-state index is 14.0. The molecule has 44 heavy (non-hydrogen) atoms.